The fourth-order valence-electron chi connectivity index (χ4n) is 9.05. The molecule has 0 saturated carbocycles. The molecule has 0 saturated heterocycles. The lowest BCUT2D eigenvalue weighted by molar-refractivity contribution is -0.0722. The lowest BCUT2D eigenvalue weighted by atomic mass is 10.0. The van der Waals surface area contributed by atoms with Crippen LogP contribution in [0.5, 0.6) is 0 Å². The Labute approximate surface area is 281 Å². The first-order valence-electron chi connectivity index (χ1n) is 16.9. The van der Waals surface area contributed by atoms with Gasteiger partial charge < -0.3 is 0 Å². The first-order chi connectivity index (χ1) is 24.4. The van der Waals surface area contributed by atoms with Crippen LogP contribution in [0.15, 0.2) is 170 Å². The lowest BCUT2D eigenvalue weighted by Gasteiger charge is -2.48. The van der Waals surface area contributed by atoms with Gasteiger partial charge in [0.05, 0.1) is 4.92 Å². The molecule has 4 aliphatic heterocycles. The third-order valence-electron chi connectivity index (χ3n) is 10.8. The molecule has 8 aromatic rings. The van der Waals surface area contributed by atoms with E-state index >= 15 is 0 Å². The van der Waals surface area contributed by atoms with Crippen LogP contribution in [0.2, 0.25) is 0 Å². The van der Waals surface area contributed by atoms with Gasteiger partial charge in [0.2, 0.25) is 0 Å². The molecule has 4 aromatic heterocycles. The van der Waals surface area contributed by atoms with Gasteiger partial charge in [0.25, 0.3) is 0 Å². The van der Waals surface area contributed by atoms with Crippen LogP contribution < -0.4 is 26.3 Å². The molecule has 49 heavy (non-hydrogen) atoms. The summed E-state index contributed by atoms with van der Waals surface area (Å²) in [6, 6.07) is 62.3. The number of benzene rings is 4. The van der Waals surface area contributed by atoms with E-state index < -0.39 is 0 Å². The molecular weight excluding hydrogens is 599 g/mol. The fraction of sp³-hybridized carbons (Fsp3) is 0. The summed E-state index contributed by atoms with van der Waals surface area (Å²) in [7, 11) is 0. The van der Waals surface area contributed by atoms with Crippen LogP contribution in [-0.2, 0) is 0 Å². The van der Waals surface area contributed by atoms with Gasteiger partial charge in [-0.25, -0.2) is 0 Å². The Morgan fingerprint density at radius 1 is 0.245 bits per heavy atom. The minimum absolute atomic E-state index is 0.310. The quantitative estimate of drug-likeness (QED) is 0.246. The summed E-state index contributed by atoms with van der Waals surface area (Å²) in [5.74, 6) is 0. The van der Waals surface area contributed by atoms with E-state index in [2.05, 4.69) is 189 Å². The topological polar surface area (TPSA) is 19.7 Å². The minimum atomic E-state index is 0.310. The molecule has 228 valence electrons. The molecule has 4 aromatic carbocycles. The summed E-state index contributed by atoms with van der Waals surface area (Å²) < 4.78 is 10.3. The van der Waals surface area contributed by atoms with E-state index in [0.29, 0.717) is 4.92 Å². The van der Waals surface area contributed by atoms with Gasteiger partial charge in [-0.15, -0.1) is 18.7 Å². The Bertz CT molecular complexity index is 2560. The zero-order valence-electron chi connectivity index (χ0n) is 26.4. The van der Waals surface area contributed by atoms with E-state index in [-0.39, 0.29) is 0 Å². The van der Waals surface area contributed by atoms with Crippen LogP contribution in [0.3, 0.4) is 0 Å². The van der Waals surface area contributed by atoms with Crippen LogP contribution in [0, 0.1) is 0 Å². The lowest BCUT2D eigenvalue weighted by Crippen LogP contribution is -2.82. The average Bonchev–Trinajstić information content (AvgIpc) is 3.99. The van der Waals surface area contributed by atoms with E-state index in [0.717, 1.165) is 0 Å². The van der Waals surface area contributed by atoms with Crippen molar-refractivity contribution in [3.8, 4) is 0 Å². The third kappa shape index (κ3) is 2.89. The van der Waals surface area contributed by atoms with Gasteiger partial charge in [0.15, 0.2) is 0 Å². The zero-order valence-corrected chi connectivity index (χ0v) is 26.4. The molecule has 5 heteroatoms. The predicted molar refractivity (Wildman–Crippen MR) is 192 cm³/mol. The van der Waals surface area contributed by atoms with Gasteiger partial charge in [-0.2, -0.15) is 0 Å². The zero-order chi connectivity index (χ0) is 31.8. The number of hydrogen-bond acceptors (Lipinski definition) is 0. The van der Waals surface area contributed by atoms with Crippen LogP contribution in [0.1, 0.15) is 45.0 Å². The predicted octanol–water partition coefficient (Wildman–Crippen LogP) is 4.96. The van der Waals surface area contributed by atoms with Crippen molar-refractivity contribution in [2.24, 2.45) is 0 Å². The summed E-state index contributed by atoms with van der Waals surface area (Å²) in [6.07, 6.45) is 0. The smallest absolute Gasteiger partial charge is 0.113 e. The second-order valence-corrected chi connectivity index (χ2v) is 13.2. The number of aromatic nitrogens is 4. The maximum atomic E-state index is 2.58. The minimum Gasteiger partial charge on any atom is -0.114 e. The van der Waals surface area contributed by atoms with Gasteiger partial charge in [0, 0.05) is 22.3 Å². The third-order valence-corrected chi connectivity index (χ3v) is 10.8. The summed E-state index contributed by atoms with van der Waals surface area (Å²) in [6.45, 7) is 0. The second kappa shape index (κ2) is 8.86. The second-order valence-electron chi connectivity index (χ2n) is 13.2. The first-order valence-corrected chi connectivity index (χ1v) is 16.9. The molecule has 1 spiro atoms. The number of nitrogens with zero attached hydrogens (tertiary/aromatic N) is 5. The van der Waals surface area contributed by atoms with Crippen LogP contribution in [0.25, 0.3) is 22.3 Å². The molecule has 5 nitrogen and oxygen atoms in total. The molecule has 0 unspecified atom stereocenters. The van der Waals surface area contributed by atoms with Crippen molar-refractivity contribution in [1.82, 2.24) is 23.6 Å². The van der Waals surface area contributed by atoms with Gasteiger partial charge >= 0.3 is 0 Å². The van der Waals surface area contributed by atoms with Gasteiger partial charge in [-0.05, 0) is 70.8 Å². The number of rotatable bonds is 4. The molecule has 8 heterocycles. The average molecular weight is 627 g/mol. The summed E-state index contributed by atoms with van der Waals surface area (Å²) in [5, 5.41) is 4.76. The monoisotopic (exact) mass is 626 g/mol. The molecule has 0 aliphatic carbocycles. The Hall–Kier alpha value is -6.56. The SMILES string of the molecule is c1ccc(C2=c3ccc4n3[N+]35n6c2ccc6C(c2ccccc2)=c2ccc(n23)=C(c2ccccc2)c2ccc(n25)C=4c2ccccc2)cc1. The van der Waals surface area contributed by atoms with Gasteiger partial charge in [-0.1, -0.05) is 121 Å². The standard InChI is InChI=1S/C44H28N5/c1-5-13-29(14-6-1)41-33-21-23-35-42(30-15-7-2-8-16-30)37-25-27-39-44(32-19-11-4-12-20-32)40-28-26-38-43(31-17-9-3-10-18-31)36-24-22-34(41)46(36)49(45(33)35,47(37)39)48(38)40/h1-28H/q+1. The molecule has 0 fully saturated rings. The van der Waals surface area contributed by atoms with Crippen molar-refractivity contribution >= 4 is 22.3 Å². The molecule has 0 N–H and O–H groups in total. The van der Waals surface area contributed by atoms with E-state index in [1.807, 2.05) is 0 Å². The highest BCUT2D eigenvalue weighted by Crippen LogP contribution is 2.42. The summed E-state index contributed by atoms with van der Waals surface area (Å²) >= 11 is 0. The maximum absolute atomic E-state index is 2.58. The van der Waals surface area contributed by atoms with Crippen molar-refractivity contribution in [3.63, 3.8) is 0 Å². The molecular formula is C44H28N5+. The van der Waals surface area contributed by atoms with Gasteiger partial charge in [0.1, 0.15) is 44.2 Å². The highest BCUT2D eigenvalue weighted by Gasteiger charge is 2.56. The van der Waals surface area contributed by atoms with Crippen LogP contribution >= 0.6 is 0 Å². The Morgan fingerprint density at radius 3 is 0.735 bits per heavy atom. The highest BCUT2D eigenvalue weighted by atomic mass is 16.2. The molecule has 12 rings (SSSR count). The molecule has 0 bridgehead atoms. The summed E-state index contributed by atoms with van der Waals surface area (Å²) in [5.41, 5.74) is 14.5. The van der Waals surface area contributed by atoms with Crippen molar-refractivity contribution in [2.45, 2.75) is 0 Å². The van der Waals surface area contributed by atoms with E-state index in [1.165, 1.54) is 88.7 Å². The molecule has 0 atom stereocenters. The van der Waals surface area contributed by atoms with E-state index in [4.69, 9.17) is 0 Å². The molecule has 0 amide bonds. The van der Waals surface area contributed by atoms with Crippen molar-refractivity contribution in [2.75, 3.05) is 0 Å². The Balaban J connectivity index is 1.40. The molecule has 0 radical (unpaired) electrons. The van der Waals surface area contributed by atoms with E-state index in [1.54, 1.807) is 0 Å². The first kappa shape index (κ1) is 25.5. The van der Waals surface area contributed by atoms with Crippen molar-refractivity contribution < 1.29 is 0 Å². The van der Waals surface area contributed by atoms with E-state index in [9.17, 15) is 0 Å². The maximum Gasteiger partial charge on any atom is 0.113 e. The summed E-state index contributed by atoms with van der Waals surface area (Å²) in [4.78, 5) is 0.310. The highest BCUT2D eigenvalue weighted by molar-refractivity contribution is 5.88. The fourth-order valence-corrected chi connectivity index (χ4v) is 9.05. The molecule has 4 aliphatic rings. The Morgan fingerprint density at radius 2 is 0.490 bits per heavy atom. The number of quaternary nitrogens is 1. The van der Waals surface area contributed by atoms with Crippen LogP contribution in [-0.4, -0.2) is 18.7 Å². The van der Waals surface area contributed by atoms with Crippen molar-refractivity contribution in [3.05, 3.63) is 236 Å². The number of hydrogen-bond donors (Lipinski definition) is 0. The normalized spacial score (nSPS) is 15.3. The van der Waals surface area contributed by atoms with Crippen LogP contribution in [0.4, 0.5) is 0 Å². The largest absolute Gasteiger partial charge is 0.114 e. The van der Waals surface area contributed by atoms with Crippen molar-refractivity contribution in [1.29, 1.82) is 0 Å². The van der Waals surface area contributed by atoms with Gasteiger partial charge in [-0.3, -0.25) is 0 Å². The Kier molecular flexibility index (Phi) is 4.62.